The van der Waals surface area contributed by atoms with Gasteiger partial charge < -0.3 is 15.2 Å². The first kappa shape index (κ1) is 14.3. The molecule has 0 amide bonds. The van der Waals surface area contributed by atoms with Crippen molar-refractivity contribution in [3.8, 4) is 5.75 Å². The van der Waals surface area contributed by atoms with Crippen LogP contribution in [0.3, 0.4) is 0 Å². The van der Waals surface area contributed by atoms with Crippen LogP contribution >= 0.6 is 31.9 Å². The number of nitrogens with two attached hydrogens (primary N) is 1. The van der Waals surface area contributed by atoms with Gasteiger partial charge in [-0.15, -0.1) is 0 Å². The van der Waals surface area contributed by atoms with Crippen molar-refractivity contribution in [2.24, 2.45) is 5.73 Å². The smallest absolute Gasteiger partial charge is 0.148 e. The predicted molar refractivity (Wildman–Crippen MR) is 79.0 cm³/mol. The quantitative estimate of drug-likeness (QED) is 0.874. The van der Waals surface area contributed by atoms with Gasteiger partial charge in [-0.1, -0.05) is 0 Å². The molecule has 1 saturated heterocycles. The van der Waals surface area contributed by atoms with Crippen molar-refractivity contribution in [2.75, 3.05) is 13.2 Å². The molecule has 0 spiro atoms. The summed E-state index contributed by atoms with van der Waals surface area (Å²) in [6.07, 6.45) is 1.95. The molecule has 2 atom stereocenters. The van der Waals surface area contributed by atoms with E-state index >= 15 is 0 Å². The zero-order valence-corrected chi connectivity index (χ0v) is 13.5. The van der Waals surface area contributed by atoms with Gasteiger partial charge in [0.05, 0.1) is 22.2 Å². The Morgan fingerprint density at radius 1 is 1.44 bits per heavy atom. The zero-order chi connectivity index (χ0) is 13.1. The van der Waals surface area contributed by atoms with E-state index in [2.05, 4.69) is 44.0 Å². The minimum atomic E-state index is 0.150. The third-order valence-electron chi connectivity index (χ3n) is 2.79. The lowest BCUT2D eigenvalue weighted by Gasteiger charge is -2.16. The number of hydrogen-bond donors (Lipinski definition) is 1. The summed E-state index contributed by atoms with van der Waals surface area (Å²) >= 11 is 7.12. The van der Waals surface area contributed by atoms with Crippen molar-refractivity contribution in [3.05, 3.63) is 26.6 Å². The maximum atomic E-state index is 5.95. The molecule has 5 heteroatoms. The fourth-order valence-corrected chi connectivity index (χ4v) is 3.46. The van der Waals surface area contributed by atoms with Gasteiger partial charge in [0.2, 0.25) is 0 Å². The third-order valence-corrected chi connectivity index (χ3v) is 3.97. The summed E-state index contributed by atoms with van der Waals surface area (Å²) in [6, 6.07) is 4.29. The maximum Gasteiger partial charge on any atom is 0.148 e. The molecule has 1 aromatic rings. The monoisotopic (exact) mass is 377 g/mol. The van der Waals surface area contributed by atoms with Gasteiger partial charge in [0.25, 0.3) is 0 Å². The molecule has 100 valence electrons. The van der Waals surface area contributed by atoms with E-state index in [0.717, 1.165) is 34.1 Å². The molecule has 0 bridgehead atoms. The van der Waals surface area contributed by atoms with E-state index in [0.29, 0.717) is 6.61 Å². The molecular weight excluding hydrogens is 362 g/mol. The normalized spacial score (nSPS) is 21.0. The van der Waals surface area contributed by atoms with Crippen molar-refractivity contribution in [2.45, 2.75) is 31.9 Å². The Bertz CT molecular complexity index is 394. The van der Waals surface area contributed by atoms with E-state index in [1.165, 1.54) is 5.56 Å². The minimum Gasteiger partial charge on any atom is -0.486 e. The van der Waals surface area contributed by atoms with Gasteiger partial charge in [-0.2, -0.15) is 0 Å². The summed E-state index contributed by atoms with van der Waals surface area (Å²) in [4.78, 5) is 0. The highest BCUT2D eigenvalue weighted by molar-refractivity contribution is 9.11. The van der Waals surface area contributed by atoms with E-state index < -0.39 is 0 Å². The number of ether oxygens (including phenoxy) is 2. The summed E-state index contributed by atoms with van der Waals surface area (Å²) in [5.74, 6) is 0.846. The summed E-state index contributed by atoms with van der Waals surface area (Å²) in [7, 11) is 0. The lowest BCUT2D eigenvalue weighted by Crippen LogP contribution is -2.18. The van der Waals surface area contributed by atoms with E-state index in [1.54, 1.807) is 0 Å². The average molecular weight is 379 g/mol. The van der Waals surface area contributed by atoms with Crippen LogP contribution in [0.25, 0.3) is 0 Å². The second-order valence-corrected chi connectivity index (χ2v) is 6.38. The molecule has 2 rings (SSSR count). The van der Waals surface area contributed by atoms with E-state index in [9.17, 15) is 0 Å². The minimum absolute atomic E-state index is 0.150. The molecular formula is C13H17Br2NO2. The second-order valence-electron chi connectivity index (χ2n) is 4.67. The highest BCUT2D eigenvalue weighted by Gasteiger charge is 2.20. The van der Waals surface area contributed by atoms with E-state index in [-0.39, 0.29) is 12.1 Å². The average Bonchev–Trinajstić information content (AvgIpc) is 2.75. The number of benzene rings is 1. The van der Waals surface area contributed by atoms with Crippen LogP contribution in [-0.4, -0.2) is 25.4 Å². The molecule has 0 saturated carbocycles. The first-order chi connectivity index (χ1) is 8.56. The zero-order valence-electron chi connectivity index (χ0n) is 10.3. The molecule has 0 aromatic heterocycles. The van der Waals surface area contributed by atoms with Crippen molar-refractivity contribution in [1.29, 1.82) is 0 Å². The van der Waals surface area contributed by atoms with Crippen LogP contribution in [0.1, 0.15) is 18.9 Å². The van der Waals surface area contributed by atoms with E-state index in [4.69, 9.17) is 15.2 Å². The predicted octanol–water partition coefficient (Wildman–Crippen LogP) is 3.27. The van der Waals surface area contributed by atoms with Crippen LogP contribution in [0.2, 0.25) is 0 Å². The third kappa shape index (κ3) is 3.70. The van der Waals surface area contributed by atoms with Gasteiger partial charge in [-0.05, 0) is 62.9 Å². The Labute approximate surface area is 124 Å². The molecule has 1 aromatic carbocycles. The number of hydrogen-bond acceptors (Lipinski definition) is 3. The summed E-state index contributed by atoms with van der Waals surface area (Å²) in [5.41, 5.74) is 7.01. The molecule has 2 N–H and O–H groups in total. The first-order valence-electron chi connectivity index (χ1n) is 6.04. The first-order valence-corrected chi connectivity index (χ1v) is 7.62. The Balaban J connectivity index is 2.15. The van der Waals surface area contributed by atoms with Gasteiger partial charge in [0, 0.05) is 12.5 Å². The number of halogens is 2. The molecule has 1 aliphatic rings. The molecule has 2 unspecified atom stereocenters. The molecule has 0 aliphatic carbocycles. The highest BCUT2D eigenvalue weighted by Crippen LogP contribution is 2.36. The largest absolute Gasteiger partial charge is 0.486 e. The van der Waals surface area contributed by atoms with Gasteiger partial charge in [-0.3, -0.25) is 0 Å². The van der Waals surface area contributed by atoms with Gasteiger partial charge in [0.15, 0.2) is 0 Å². The van der Waals surface area contributed by atoms with E-state index in [1.807, 2.05) is 6.92 Å². The van der Waals surface area contributed by atoms with Crippen molar-refractivity contribution >= 4 is 31.9 Å². The van der Waals surface area contributed by atoms with Gasteiger partial charge in [-0.25, -0.2) is 0 Å². The van der Waals surface area contributed by atoms with Crippen LogP contribution in [0.4, 0.5) is 0 Å². The van der Waals surface area contributed by atoms with Gasteiger partial charge >= 0.3 is 0 Å². The fraction of sp³-hybridized carbons (Fsp3) is 0.538. The van der Waals surface area contributed by atoms with Crippen molar-refractivity contribution in [1.82, 2.24) is 0 Å². The molecule has 18 heavy (non-hydrogen) atoms. The van der Waals surface area contributed by atoms with Crippen LogP contribution in [0.5, 0.6) is 5.75 Å². The van der Waals surface area contributed by atoms with Crippen molar-refractivity contribution in [3.63, 3.8) is 0 Å². The van der Waals surface area contributed by atoms with Gasteiger partial charge in [0.1, 0.15) is 11.9 Å². The Morgan fingerprint density at radius 2 is 2.11 bits per heavy atom. The molecule has 1 fully saturated rings. The lowest BCUT2D eigenvalue weighted by atomic mass is 10.1. The lowest BCUT2D eigenvalue weighted by molar-refractivity contribution is 0.140. The van der Waals surface area contributed by atoms with Crippen LogP contribution in [0.15, 0.2) is 21.1 Å². The maximum absolute atomic E-state index is 5.95. The summed E-state index contributed by atoms with van der Waals surface area (Å²) in [5, 5.41) is 0. The summed E-state index contributed by atoms with van der Waals surface area (Å²) in [6.45, 7) is 3.45. The topological polar surface area (TPSA) is 44.5 Å². The Hall–Kier alpha value is -0.100. The molecule has 3 nitrogen and oxygen atoms in total. The number of rotatable bonds is 4. The SMILES string of the molecule is CC(N)Cc1cc(Br)c(OC2CCOC2)c(Br)c1. The summed E-state index contributed by atoms with van der Waals surface area (Å²) < 4.78 is 13.2. The Kier molecular flexibility index (Phi) is 5.06. The fourth-order valence-electron chi connectivity index (χ4n) is 1.99. The molecule has 1 heterocycles. The van der Waals surface area contributed by atoms with Crippen LogP contribution < -0.4 is 10.5 Å². The van der Waals surface area contributed by atoms with Crippen LogP contribution in [0, 0.1) is 0 Å². The molecule has 0 radical (unpaired) electrons. The standard InChI is InChI=1S/C13H17Br2NO2/c1-8(16)4-9-5-11(14)13(12(15)6-9)18-10-2-3-17-7-10/h5-6,8,10H,2-4,7,16H2,1H3. The van der Waals surface area contributed by atoms with Crippen molar-refractivity contribution < 1.29 is 9.47 Å². The molecule has 1 aliphatic heterocycles. The van der Waals surface area contributed by atoms with Crippen LogP contribution in [-0.2, 0) is 11.2 Å². The second kappa shape index (κ2) is 6.37. The Morgan fingerprint density at radius 3 is 2.61 bits per heavy atom. The highest BCUT2D eigenvalue weighted by atomic mass is 79.9.